The van der Waals surface area contributed by atoms with Crippen molar-refractivity contribution in [3.8, 4) is 0 Å². The molecule has 1 aliphatic rings. The van der Waals surface area contributed by atoms with Gasteiger partial charge in [0.15, 0.2) is 0 Å². The number of likely N-dealkylation sites (tertiary alicyclic amines) is 1. The maximum atomic E-state index is 12.8. The van der Waals surface area contributed by atoms with Crippen LogP contribution in [-0.2, 0) is 11.2 Å². The first-order valence-electron chi connectivity index (χ1n) is 11.5. The number of nitrogens with zero attached hydrogens (tertiary/aromatic N) is 2. The lowest BCUT2D eigenvalue weighted by molar-refractivity contribution is -0.118. The Kier molecular flexibility index (Phi) is 8.91. The molecule has 3 rings (SSSR count). The highest BCUT2D eigenvalue weighted by atomic mass is 16.2. The van der Waals surface area contributed by atoms with E-state index in [1.165, 1.54) is 12.0 Å². The summed E-state index contributed by atoms with van der Waals surface area (Å²) < 4.78 is 0. The standard InChI is InChI=1S/C26H37N3O/c1-3-26(30)29(25-13-9-6-10-14-25)21-24-20-28(18-16-23(24)19-27-4-2)17-15-22-11-7-5-8-12-22/h5-14,23-24,27H,3-4,15-21H2,1-2H3. The van der Waals surface area contributed by atoms with E-state index in [4.69, 9.17) is 0 Å². The van der Waals surface area contributed by atoms with Crippen molar-refractivity contribution in [2.24, 2.45) is 11.8 Å². The third-order valence-corrected chi connectivity index (χ3v) is 6.28. The van der Waals surface area contributed by atoms with Gasteiger partial charge in [-0.15, -0.1) is 0 Å². The highest BCUT2D eigenvalue weighted by Crippen LogP contribution is 2.27. The fourth-order valence-electron chi connectivity index (χ4n) is 4.48. The van der Waals surface area contributed by atoms with Crippen molar-refractivity contribution in [1.29, 1.82) is 0 Å². The van der Waals surface area contributed by atoms with Gasteiger partial charge in [-0.2, -0.15) is 0 Å². The maximum Gasteiger partial charge on any atom is 0.226 e. The smallest absolute Gasteiger partial charge is 0.226 e. The molecule has 30 heavy (non-hydrogen) atoms. The molecule has 0 spiro atoms. The number of carbonyl (C=O) groups is 1. The summed E-state index contributed by atoms with van der Waals surface area (Å²) in [6, 6.07) is 20.9. The number of amides is 1. The van der Waals surface area contributed by atoms with Gasteiger partial charge in [0.1, 0.15) is 0 Å². The molecule has 1 saturated heterocycles. The van der Waals surface area contributed by atoms with Gasteiger partial charge in [-0.3, -0.25) is 4.79 Å². The van der Waals surface area contributed by atoms with Crippen molar-refractivity contribution in [2.75, 3.05) is 44.2 Å². The average molecular weight is 408 g/mol. The first-order chi connectivity index (χ1) is 14.7. The fourth-order valence-corrected chi connectivity index (χ4v) is 4.48. The second-order valence-corrected chi connectivity index (χ2v) is 8.35. The minimum atomic E-state index is 0.213. The van der Waals surface area contributed by atoms with Crippen LogP contribution in [0.2, 0.25) is 0 Å². The van der Waals surface area contributed by atoms with E-state index in [-0.39, 0.29) is 5.91 Å². The zero-order valence-electron chi connectivity index (χ0n) is 18.6. The molecular formula is C26H37N3O. The molecule has 1 aliphatic heterocycles. The predicted octanol–water partition coefficient (Wildman–Crippen LogP) is 4.22. The van der Waals surface area contributed by atoms with Gasteiger partial charge in [-0.25, -0.2) is 0 Å². The number of piperidine rings is 1. The minimum absolute atomic E-state index is 0.213. The molecule has 0 bridgehead atoms. The summed E-state index contributed by atoms with van der Waals surface area (Å²) >= 11 is 0. The molecule has 0 aliphatic carbocycles. The lowest BCUT2D eigenvalue weighted by Crippen LogP contribution is -2.49. The Labute approximate surface area is 182 Å². The number of nitrogens with one attached hydrogen (secondary N) is 1. The summed E-state index contributed by atoms with van der Waals surface area (Å²) in [5.41, 5.74) is 2.42. The van der Waals surface area contributed by atoms with Gasteiger partial charge < -0.3 is 15.1 Å². The van der Waals surface area contributed by atoms with Crippen LogP contribution in [0.1, 0.15) is 32.3 Å². The van der Waals surface area contributed by atoms with Crippen molar-refractivity contribution < 1.29 is 4.79 Å². The van der Waals surface area contributed by atoms with E-state index in [1.54, 1.807) is 0 Å². The fraction of sp³-hybridized carbons (Fsp3) is 0.500. The van der Waals surface area contributed by atoms with Crippen LogP contribution in [0.25, 0.3) is 0 Å². The van der Waals surface area contributed by atoms with Gasteiger partial charge >= 0.3 is 0 Å². The van der Waals surface area contributed by atoms with Crippen LogP contribution >= 0.6 is 0 Å². The Bertz CT molecular complexity index is 749. The van der Waals surface area contributed by atoms with Crippen LogP contribution in [0.4, 0.5) is 5.69 Å². The Hall–Kier alpha value is -2.17. The summed E-state index contributed by atoms with van der Waals surface area (Å²) in [5.74, 6) is 1.29. The number of benzene rings is 2. The summed E-state index contributed by atoms with van der Waals surface area (Å²) in [4.78, 5) is 17.4. The second-order valence-electron chi connectivity index (χ2n) is 8.35. The Morgan fingerprint density at radius 3 is 2.40 bits per heavy atom. The van der Waals surface area contributed by atoms with E-state index < -0.39 is 0 Å². The van der Waals surface area contributed by atoms with Crippen LogP contribution in [-0.4, -0.2) is 50.1 Å². The number of anilines is 1. The lowest BCUT2D eigenvalue weighted by Gasteiger charge is -2.41. The van der Waals surface area contributed by atoms with Gasteiger partial charge in [-0.05, 0) is 62.0 Å². The molecule has 4 heteroatoms. The molecule has 0 saturated carbocycles. The SMILES string of the molecule is CCNCC1CCN(CCc2ccccc2)CC1CN(C(=O)CC)c1ccccc1. The van der Waals surface area contributed by atoms with E-state index in [0.29, 0.717) is 18.3 Å². The predicted molar refractivity (Wildman–Crippen MR) is 126 cm³/mol. The summed E-state index contributed by atoms with van der Waals surface area (Å²) in [6.45, 7) is 10.3. The quantitative estimate of drug-likeness (QED) is 0.640. The van der Waals surface area contributed by atoms with Crippen molar-refractivity contribution in [1.82, 2.24) is 10.2 Å². The number of rotatable bonds is 10. The van der Waals surface area contributed by atoms with Gasteiger partial charge in [0.2, 0.25) is 5.91 Å². The molecule has 2 aromatic rings. The third kappa shape index (κ3) is 6.41. The molecule has 1 amide bonds. The number of carbonyl (C=O) groups excluding carboxylic acids is 1. The monoisotopic (exact) mass is 407 g/mol. The summed E-state index contributed by atoms with van der Waals surface area (Å²) in [6.07, 6.45) is 2.81. The van der Waals surface area contributed by atoms with Crippen LogP contribution in [0.5, 0.6) is 0 Å². The molecule has 2 atom stereocenters. The highest BCUT2D eigenvalue weighted by Gasteiger charge is 2.31. The van der Waals surface area contributed by atoms with Crippen LogP contribution in [0.3, 0.4) is 0 Å². The molecule has 1 fully saturated rings. The third-order valence-electron chi connectivity index (χ3n) is 6.28. The first-order valence-corrected chi connectivity index (χ1v) is 11.5. The summed E-state index contributed by atoms with van der Waals surface area (Å²) in [7, 11) is 0. The topological polar surface area (TPSA) is 35.6 Å². The number of hydrogen-bond donors (Lipinski definition) is 1. The first kappa shape index (κ1) is 22.5. The zero-order valence-corrected chi connectivity index (χ0v) is 18.6. The molecule has 1 N–H and O–H groups in total. The zero-order chi connectivity index (χ0) is 21.2. The Morgan fingerprint density at radius 1 is 1.03 bits per heavy atom. The molecule has 1 heterocycles. The summed E-state index contributed by atoms with van der Waals surface area (Å²) in [5, 5.41) is 3.55. The van der Waals surface area contributed by atoms with E-state index in [9.17, 15) is 4.79 Å². The Morgan fingerprint density at radius 2 is 1.73 bits per heavy atom. The second kappa shape index (κ2) is 11.9. The van der Waals surface area contributed by atoms with E-state index in [0.717, 1.165) is 51.4 Å². The highest BCUT2D eigenvalue weighted by molar-refractivity contribution is 5.93. The minimum Gasteiger partial charge on any atom is -0.317 e. The molecule has 0 radical (unpaired) electrons. The number of para-hydroxylation sites is 1. The molecule has 162 valence electrons. The van der Waals surface area contributed by atoms with Crippen molar-refractivity contribution in [3.05, 3.63) is 66.2 Å². The maximum absolute atomic E-state index is 12.8. The molecule has 0 aromatic heterocycles. The average Bonchev–Trinajstić information content (AvgIpc) is 2.81. The van der Waals surface area contributed by atoms with Gasteiger partial charge in [0.25, 0.3) is 0 Å². The molecular weight excluding hydrogens is 370 g/mol. The van der Waals surface area contributed by atoms with Crippen LogP contribution in [0.15, 0.2) is 60.7 Å². The normalized spacial score (nSPS) is 19.5. The van der Waals surface area contributed by atoms with Crippen LogP contribution < -0.4 is 10.2 Å². The van der Waals surface area contributed by atoms with Gasteiger partial charge in [0, 0.05) is 31.7 Å². The van der Waals surface area contributed by atoms with Gasteiger partial charge in [-0.1, -0.05) is 62.4 Å². The lowest BCUT2D eigenvalue weighted by atomic mass is 9.84. The molecule has 4 nitrogen and oxygen atoms in total. The van der Waals surface area contributed by atoms with E-state index >= 15 is 0 Å². The van der Waals surface area contributed by atoms with Crippen molar-refractivity contribution in [2.45, 2.75) is 33.1 Å². The molecule has 2 unspecified atom stereocenters. The van der Waals surface area contributed by atoms with Crippen LogP contribution in [0, 0.1) is 11.8 Å². The van der Waals surface area contributed by atoms with Gasteiger partial charge in [0.05, 0.1) is 0 Å². The Balaban J connectivity index is 1.69. The molecule has 2 aromatic carbocycles. The van der Waals surface area contributed by atoms with Crippen molar-refractivity contribution in [3.63, 3.8) is 0 Å². The van der Waals surface area contributed by atoms with Crippen molar-refractivity contribution >= 4 is 11.6 Å². The van der Waals surface area contributed by atoms with E-state index in [1.807, 2.05) is 30.0 Å². The van der Waals surface area contributed by atoms with E-state index in [2.05, 4.69) is 59.6 Å². The number of hydrogen-bond acceptors (Lipinski definition) is 3. The largest absolute Gasteiger partial charge is 0.317 e.